The van der Waals surface area contributed by atoms with E-state index in [9.17, 15) is 4.79 Å². The highest BCUT2D eigenvalue weighted by atomic mass is 16.1. The molecular formula is C13H18N2O. The van der Waals surface area contributed by atoms with Crippen molar-refractivity contribution >= 4 is 0 Å². The molecule has 0 saturated heterocycles. The van der Waals surface area contributed by atoms with Crippen LogP contribution in [0.25, 0.3) is 0 Å². The van der Waals surface area contributed by atoms with Gasteiger partial charge in [0.25, 0.3) is 5.56 Å². The Hall–Kier alpha value is -1.38. The molecule has 3 heteroatoms. The second-order valence-electron chi connectivity index (χ2n) is 4.71. The lowest BCUT2D eigenvalue weighted by molar-refractivity contribution is 0.409. The summed E-state index contributed by atoms with van der Waals surface area (Å²) >= 11 is 0. The third-order valence-electron chi connectivity index (χ3n) is 3.12. The van der Waals surface area contributed by atoms with Crippen LogP contribution in [0.15, 0.2) is 28.8 Å². The van der Waals surface area contributed by atoms with Crippen molar-refractivity contribution in [1.29, 1.82) is 0 Å². The van der Waals surface area contributed by atoms with E-state index in [0.717, 1.165) is 5.69 Å². The normalized spacial score (nSPS) is 15.6. The number of allylic oxidation sites excluding steroid dienone is 2. The van der Waals surface area contributed by atoms with Crippen LogP contribution in [0.1, 0.15) is 44.7 Å². The Morgan fingerprint density at radius 1 is 1.56 bits per heavy atom. The molecule has 0 unspecified atom stereocenters. The Morgan fingerprint density at radius 3 is 2.81 bits per heavy atom. The summed E-state index contributed by atoms with van der Waals surface area (Å²) in [7, 11) is 0. The number of nitrogens with zero attached hydrogens (tertiary/aromatic N) is 2. The molecular weight excluding hydrogens is 200 g/mol. The average molecular weight is 218 g/mol. The first-order chi connectivity index (χ1) is 7.66. The summed E-state index contributed by atoms with van der Waals surface area (Å²) in [6, 6.07) is 1.70. The summed E-state index contributed by atoms with van der Waals surface area (Å²) in [5.74, 6) is 0.533. The summed E-state index contributed by atoms with van der Waals surface area (Å²) in [5, 5.41) is 0. The maximum Gasteiger partial charge on any atom is 0.253 e. The van der Waals surface area contributed by atoms with Crippen molar-refractivity contribution in [2.45, 2.75) is 45.6 Å². The number of aromatic nitrogens is 2. The molecule has 16 heavy (non-hydrogen) atoms. The predicted octanol–water partition coefficient (Wildman–Crippen LogP) is 2.48. The molecule has 0 N–H and O–H groups in total. The molecule has 1 saturated carbocycles. The lowest BCUT2D eigenvalue weighted by Crippen LogP contribution is -2.22. The fourth-order valence-corrected chi connectivity index (χ4v) is 1.79. The number of rotatable bonds is 3. The van der Waals surface area contributed by atoms with Crippen LogP contribution in [0.5, 0.6) is 0 Å². The van der Waals surface area contributed by atoms with Crippen LogP contribution in [0, 0.1) is 0 Å². The molecule has 0 aromatic carbocycles. The van der Waals surface area contributed by atoms with Crippen LogP contribution in [-0.4, -0.2) is 9.55 Å². The number of hydrogen-bond donors (Lipinski definition) is 0. The first kappa shape index (κ1) is 11.1. The van der Waals surface area contributed by atoms with Crippen LogP contribution in [-0.2, 0) is 6.54 Å². The molecule has 1 aromatic heterocycles. The highest BCUT2D eigenvalue weighted by Crippen LogP contribution is 2.34. The quantitative estimate of drug-likeness (QED) is 0.730. The van der Waals surface area contributed by atoms with Crippen LogP contribution >= 0.6 is 0 Å². The lowest BCUT2D eigenvalue weighted by atomic mass is 9.83. The first-order valence-corrected chi connectivity index (χ1v) is 5.86. The van der Waals surface area contributed by atoms with Gasteiger partial charge in [-0.3, -0.25) is 9.36 Å². The zero-order valence-corrected chi connectivity index (χ0v) is 9.94. The molecule has 1 aliphatic carbocycles. The Morgan fingerprint density at radius 2 is 2.31 bits per heavy atom. The molecule has 0 aliphatic heterocycles. The molecule has 1 heterocycles. The standard InChI is InChI=1S/C13H18N2O/c1-10(2)6-7-15-9-14-12(8-13(15)16)11-4-3-5-11/h6,8-9,11H,3-5,7H2,1-2H3. The largest absolute Gasteiger partial charge is 0.295 e. The molecule has 0 bridgehead atoms. The fraction of sp³-hybridized carbons (Fsp3) is 0.538. The lowest BCUT2D eigenvalue weighted by Gasteiger charge is -2.24. The van der Waals surface area contributed by atoms with E-state index in [1.807, 2.05) is 19.9 Å². The molecule has 1 fully saturated rings. The van der Waals surface area contributed by atoms with Crippen LogP contribution < -0.4 is 5.56 Å². The number of hydrogen-bond acceptors (Lipinski definition) is 2. The molecule has 0 spiro atoms. The second-order valence-corrected chi connectivity index (χ2v) is 4.71. The molecule has 0 atom stereocenters. The summed E-state index contributed by atoms with van der Waals surface area (Å²) < 4.78 is 1.65. The van der Waals surface area contributed by atoms with Gasteiger partial charge < -0.3 is 0 Å². The van der Waals surface area contributed by atoms with Gasteiger partial charge in [-0.15, -0.1) is 0 Å². The van der Waals surface area contributed by atoms with Gasteiger partial charge in [0.2, 0.25) is 0 Å². The van der Waals surface area contributed by atoms with Gasteiger partial charge in [-0.05, 0) is 26.7 Å². The summed E-state index contributed by atoms with van der Waals surface area (Å²) in [5.41, 5.74) is 2.26. The average Bonchev–Trinajstić information content (AvgIpc) is 2.13. The SMILES string of the molecule is CC(C)=CCn1cnc(C2CCC2)cc1=O. The van der Waals surface area contributed by atoms with E-state index in [4.69, 9.17) is 0 Å². The van der Waals surface area contributed by atoms with E-state index in [1.165, 1.54) is 24.8 Å². The minimum atomic E-state index is 0.0643. The van der Waals surface area contributed by atoms with Crippen LogP contribution in [0.2, 0.25) is 0 Å². The zero-order valence-electron chi connectivity index (χ0n) is 9.94. The second kappa shape index (κ2) is 4.64. The molecule has 1 aliphatic rings. The first-order valence-electron chi connectivity index (χ1n) is 5.86. The fourth-order valence-electron chi connectivity index (χ4n) is 1.79. The van der Waals surface area contributed by atoms with Gasteiger partial charge in [-0.1, -0.05) is 18.1 Å². The maximum absolute atomic E-state index is 11.8. The molecule has 0 amide bonds. The molecule has 86 valence electrons. The Bertz CT molecular complexity index is 451. The zero-order chi connectivity index (χ0) is 11.5. The summed E-state index contributed by atoms with van der Waals surface area (Å²) in [4.78, 5) is 16.2. The van der Waals surface area contributed by atoms with Crippen molar-refractivity contribution in [3.05, 3.63) is 40.1 Å². The molecule has 2 rings (SSSR count). The Balaban J connectivity index is 2.16. The van der Waals surface area contributed by atoms with Crippen LogP contribution in [0.4, 0.5) is 0 Å². The Kier molecular flexibility index (Phi) is 3.22. The van der Waals surface area contributed by atoms with E-state index in [1.54, 1.807) is 17.0 Å². The van der Waals surface area contributed by atoms with Gasteiger partial charge in [0, 0.05) is 18.5 Å². The monoisotopic (exact) mass is 218 g/mol. The van der Waals surface area contributed by atoms with E-state index >= 15 is 0 Å². The summed E-state index contributed by atoms with van der Waals surface area (Å²) in [6.45, 7) is 4.68. The van der Waals surface area contributed by atoms with Gasteiger partial charge in [0.15, 0.2) is 0 Å². The van der Waals surface area contributed by atoms with E-state index in [-0.39, 0.29) is 5.56 Å². The van der Waals surface area contributed by atoms with Gasteiger partial charge in [0.1, 0.15) is 0 Å². The Labute approximate surface area is 95.8 Å². The summed E-state index contributed by atoms with van der Waals surface area (Å²) in [6.07, 6.45) is 7.35. The van der Waals surface area contributed by atoms with Crippen molar-refractivity contribution in [2.24, 2.45) is 0 Å². The minimum absolute atomic E-state index is 0.0643. The van der Waals surface area contributed by atoms with Crippen molar-refractivity contribution in [3.63, 3.8) is 0 Å². The van der Waals surface area contributed by atoms with E-state index < -0.39 is 0 Å². The predicted molar refractivity (Wildman–Crippen MR) is 64.5 cm³/mol. The van der Waals surface area contributed by atoms with Crippen molar-refractivity contribution < 1.29 is 0 Å². The maximum atomic E-state index is 11.8. The molecule has 3 nitrogen and oxygen atoms in total. The van der Waals surface area contributed by atoms with Crippen LogP contribution in [0.3, 0.4) is 0 Å². The minimum Gasteiger partial charge on any atom is -0.295 e. The van der Waals surface area contributed by atoms with Crippen molar-refractivity contribution in [2.75, 3.05) is 0 Å². The van der Waals surface area contributed by atoms with Gasteiger partial charge in [0.05, 0.1) is 12.0 Å². The third kappa shape index (κ3) is 2.40. The topological polar surface area (TPSA) is 34.9 Å². The highest BCUT2D eigenvalue weighted by Gasteiger charge is 2.21. The smallest absolute Gasteiger partial charge is 0.253 e. The van der Waals surface area contributed by atoms with Crippen molar-refractivity contribution in [3.8, 4) is 0 Å². The third-order valence-corrected chi connectivity index (χ3v) is 3.12. The van der Waals surface area contributed by atoms with Gasteiger partial charge >= 0.3 is 0 Å². The molecule has 1 aromatic rings. The highest BCUT2D eigenvalue weighted by molar-refractivity contribution is 5.10. The van der Waals surface area contributed by atoms with Gasteiger partial charge in [-0.2, -0.15) is 0 Å². The van der Waals surface area contributed by atoms with Gasteiger partial charge in [-0.25, -0.2) is 4.98 Å². The van der Waals surface area contributed by atoms with E-state index in [0.29, 0.717) is 12.5 Å². The van der Waals surface area contributed by atoms with E-state index in [2.05, 4.69) is 4.98 Å². The van der Waals surface area contributed by atoms with Crippen molar-refractivity contribution in [1.82, 2.24) is 9.55 Å². The molecule has 0 radical (unpaired) electrons.